The molecule has 0 aliphatic heterocycles. The lowest BCUT2D eigenvalue weighted by atomic mass is 9.99. The average Bonchev–Trinajstić information content (AvgIpc) is 2.53. The highest BCUT2D eigenvalue weighted by Crippen LogP contribution is 2.27. The van der Waals surface area contributed by atoms with Crippen LogP contribution < -0.4 is 0 Å². The number of carbonyl (C=O) groups is 1. The topological polar surface area (TPSA) is 26.3 Å². The fraction of sp³-hybridized carbons (Fsp3) is 0.211. The summed E-state index contributed by atoms with van der Waals surface area (Å²) in [6, 6.07) is 17.9. The maximum Gasteiger partial charge on any atom is 0.334 e. The molecule has 0 aliphatic rings. The van der Waals surface area contributed by atoms with Gasteiger partial charge in [0.2, 0.25) is 0 Å². The van der Waals surface area contributed by atoms with E-state index in [0.29, 0.717) is 5.57 Å². The predicted octanol–water partition coefficient (Wildman–Crippen LogP) is 4.46. The van der Waals surface area contributed by atoms with Crippen molar-refractivity contribution in [3.05, 3.63) is 83.4 Å². The predicted molar refractivity (Wildman–Crippen MR) is 85.0 cm³/mol. The van der Waals surface area contributed by atoms with Crippen molar-refractivity contribution in [2.45, 2.75) is 26.4 Å². The van der Waals surface area contributed by atoms with E-state index in [-0.39, 0.29) is 5.97 Å². The van der Waals surface area contributed by atoms with E-state index < -0.39 is 6.10 Å². The molecule has 0 aromatic heterocycles. The summed E-state index contributed by atoms with van der Waals surface area (Å²) < 4.78 is 5.62. The number of ether oxygens (including phenoxy) is 1. The molecule has 0 amide bonds. The fourth-order valence-electron chi connectivity index (χ4n) is 2.09. The Kier molecular flexibility index (Phi) is 4.94. The summed E-state index contributed by atoms with van der Waals surface area (Å²) in [7, 11) is 0. The Morgan fingerprint density at radius 2 is 1.62 bits per heavy atom. The Bertz CT molecular complexity index is 612. The summed E-state index contributed by atoms with van der Waals surface area (Å²) in [6.45, 7) is 7.42. The number of carbonyl (C=O) groups excluding carboxylic acids is 1. The lowest BCUT2D eigenvalue weighted by Gasteiger charge is -2.19. The molecule has 0 N–H and O–H groups in total. The van der Waals surface area contributed by atoms with E-state index in [1.807, 2.05) is 42.5 Å². The van der Waals surface area contributed by atoms with Gasteiger partial charge in [-0.05, 0) is 30.0 Å². The molecule has 0 radical (unpaired) electrons. The van der Waals surface area contributed by atoms with Crippen LogP contribution in [-0.2, 0) is 16.0 Å². The lowest BCUT2D eigenvalue weighted by Crippen LogP contribution is -2.13. The Morgan fingerprint density at radius 3 is 2.14 bits per heavy atom. The van der Waals surface area contributed by atoms with Gasteiger partial charge in [0.1, 0.15) is 0 Å². The average molecular weight is 280 g/mol. The summed E-state index contributed by atoms with van der Waals surface area (Å²) in [4.78, 5) is 11.9. The van der Waals surface area contributed by atoms with Crippen LogP contribution in [-0.4, -0.2) is 5.97 Å². The summed E-state index contributed by atoms with van der Waals surface area (Å²) in [5.41, 5.74) is 3.59. The molecule has 2 aromatic rings. The molecule has 1 unspecified atom stereocenters. The number of hydrogen-bond donors (Lipinski definition) is 0. The second-order valence-electron chi connectivity index (χ2n) is 5.07. The largest absolute Gasteiger partial charge is 0.449 e. The molecule has 2 aromatic carbocycles. The Hall–Kier alpha value is -2.35. The monoisotopic (exact) mass is 280 g/mol. The van der Waals surface area contributed by atoms with E-state index in [2.05, 4.69) is 25.6 Å². The van der Waals surface area contributed by atoms with Gasteiger partial charge >= 0.3 is 5.97 Å². The third kappa shape index (κ3) is 3.82. The normalized spacial score (nSPS) is 11.7. The van der Waals surface area contributed by atoms with Gasteiger partial charge in [0, 0.05) is 5.57 Å². The van der Waals surface area contributed by atoms with Crippen molar-refractivity contribution in [1.82, 2.24) is 0 Å². The molecular formula is C19H20O2. The first-order valence-electron chi connectivity index (χ1n) is 7.12. The van der Waals surface area contributed by atoms with Gasteiger partial charge in [-0.25, -0.2) is 4.79 Å². The minimum absolute atomic E-state index is 0.372. The minimum atomic E-state index is -0.402. The molecular weight excluding hydrogens is 260 g/mol. The van der Waals surface area contributed by atoms with Crippen molar-refractivity contribution < 1.29 is 9.53 Å². The van der Waals surface area contributed by atoms with E-state index >= 15 is 0 Å². The van der Waals surface area contributed by atoms with Gasteiger partial charge in [0.15, 0.2) is 6.10 Å². The van der Waals surface area contributed by atoms with Crippen molar-refractivity contribution in [1.29, 1.82) is 0 Å². The molecule has 0 saturated heterocycles. The third-order valence-electron chi connectivity index (χ3n) is 3.37. The van der Waals surface area contributed by atoms with Crippen LogP contribution in [0.1, 0.15) is 36.6 Å². The number of rotatable bonds is 5. The highest BCUT2D eigenvalue weighted by Gasteiger charge is 2.19. The molecule has 0 aliphatic carbocycles. The van der Waals surface area contributed by atoms with Gasteiger partial charge < -0.3 is 4.74 Å². The molecule has 21 heavy (non-hydrogen) atoms. The first-order valence-corrected chi connectivity index (χ1v) is 7.12. The molecule has 2 rings (SSSR count). The molecule has 0 heterocycles. The highest BCUT2D eigenvalue weighted by atomic mass is 16.5. The van der Waals surface area contributed by atoms with Crippen molar-refractivity contribution in [3.8, 4) is 0 Å². The molecule has 2 nitrogen and oxygen atoms in total. The molecule has 2 heteroatoms. The second kappa shape index (κ2) is 6.89. The zero-order chi connectivity index (χ0) is 15.2. The van der Waals surface area contributed by atoms with Crippen LogP contribution in [0.4, 0.5) is 0 Å². The van der Waals surface area contributed by atoms with Crippen LogP contribution in [0, 0.1) is 0 Å². The highest BCUT2D eigenvalue weighted by molar-refractivity contribution is 5.87. The van der Waals surface area contributed by atoms with E-state index in [1.54, 1.807) is 6.92 Å². The van der Waals surface area contributed by atoms with Crippen LogP contribution in [0.2, 0.25) is 0 Å². The van der Waals surface area contributed by atoms with E-state index in [1.165, 1.54) is 5.56 Å². The van der Waals surface area contributed by atoms with Gasteiger partial charge in [-0.3, -0.25) is 0 Å². The maximum atomic E-state index is 11.9. The van der Waals surface area contributed by atoms with Gasteiger partial charge in [0.05, 0.1) is 0 Å². The quantitative estimate of drug-likeness (QED) is 0.597. The number of benzene rings is 2. The smallest absolute Gasteiger partial charge is 0.334 e. The van der Waals surface area contributed by atoms with Crippen LogP contribution in [0.15, 0.2) is 66.7 Å². The summed E-state index contributed by atoms with van der Waals surface area (Å²) in [6.07, 6.45) is 0.586. The molecule has 1 atom stereocenters. The Labute approximate surface area is 126 Å². The van der Waals surface area contributed by atoms with E-state index in [4.69, 9.17) is 4.74 Å². The fourth-order valence-corrected chi connectivity index (χ4v) is 2.09. The first-order chi connectivity index (χ1) is 10.1. The summed E-state index contributed by atoms with van der Waals surface area (Å²) in [5, 5.41) is 0. The lowest BCUT2D eigenvalue weighted by molar-refractivity contribution is -0.142. The van der Waals surface area contributed by atoms with E-state index in [9.17, 15) is 4.79 Å². The molecule has 0 saturated carbocycles. The number of hydrogen-bond acceptors (Lipinski definition) is 2. The van der Waals surface area contributed by atoms with Crippen molar-refractivity contribution in [2.24, 2.45) is 0 Å². The van der Waals surface area contributed by atoms with Gasteiger partial charge in [0.25, 0.3) is 0 Å². The first kappa shape index (κ1) is 15.0. The molecule has 108 valence electrons. The number of aryl methyl sites for hydroxylation is 1. The van der Waals surface area contributed by atoms with Crippen molar-refractivity contribution in [3.63, 3.8) is 0 Å². The van der Waals surface area contributed by atoms with Gasteiger partial charge in [-0.1, -0.05) is 68.1 Å². The van der Waals surface area contributed by atoms with Crippen molar-refractivity contribution >= 4 is 5.97 Å². The SMILES string of the molecule is C=C(C)C(=O)OC(c1ccccc1)c1ccc(CC)cc1. The maximum absolute atomic E-state index is 11.9. The summed E-state index contributed by atoms with van der Waals surface area (Å²) >= 11 is 0. The van der Waals surface area contributed by atoms with Crippen LogP contribution in [0.3, 0.4) is 0 Å². The minimum Gasteiger partial charge on any atom is -0.449 e. The zero-order valence-electron chi connectivity index (χ0n) is 12.5. The van der Waals surface area contributed by atoms with Crippen LogP contribution in [0.25, 0.3) is 0 Å². The van der Waals surface area contributed by atoms with Gasteiger partial charge in [-0.2, -0.15) is 0 Å². The molecule has 0 bridgehead atoms. The Morgan fingerprint density at radius 1 is 1.05 bits per heavy atom. The Balaban J connectivity index is 2.35. The third-order valence-corrected chi connectivity index (χ3v) is 3.37. The summed E-state index contributed by atoms with van der Waals surface area (Å²) in [5.74, 6) is -0.372. The zero-order valence-corrected chi connectivity index (χ0v) is 12.5. The number of esters is 1. The molecule has 0 fully saturated rings. The van der Waals surface area contributed by atoms with Crippen LogP contribution in [0.5, 0.6) is 0 Å². The standard InChI is InChI=1S/C19H20O2/c1-4-15-10-12-17(13-11-15)18(21-19(20)14(2)3)16-8-6-5-7-9-16/h5-13,18H,2,4H2,1,3H3. The van der Waals surface area contributed by atoms with Gasteiger partial charge in [-0.15, -0.1) is 0 Å². The van der Waals surface area contributed by atoms with E-state index in [0.717, 1.165) is 17.5 Å². The van der Waals surface area contributed by atoms with Crippen LogP contribution >= 0.6 is 0 Å². The van der Waals surface area contributed by atoms with Crippen molar-refractivity contribution in [2.75, 3.05) is 0 Å². The molecule has 0 spiro atoms. The second-order valence-corrected chi connectivity index (χ2v) is 5.07.